The van der Waals surface area contributed by atoms with Crippen molar-refractivity contribution in [2.24, 2.45) is 11.8 Å². The molecule has 2 fully saturated rings. The lowest BCUT2D eigenvalue weighted by molar-refractivity contribution is -0.162. The fraction of sp³-hybridized carbons (Fsp3) is 0.552. The second kappa shape index (κ2) is 10.4. The normalized spacial score (nSPS) is 32.9. The Kier molecular flexibility index (Phi) is 7.23. The minimum atomic E-state index is -1.26. The lowest BCUT2D eigenvalue weighted by atomic mass is 9.73. The summed E-state index contributed by atoms with van der Waals surface area (Å²) in [7, 11) is 0. The van der Waals surface area contributed by atoms with Crippen LogP contribution in [0, 0.1) is 11.8 Å². The van der Waals surface area contributed by atoms with Crippen LogP contribution in [-0.2, 0) is 30.4 Å². The van der Waals surface area contributed by atoms with Crippen LogP contribution in [0.3, 0.4) is 0 Å². The van der Waals surface area contributed by atoms with Crippen molar-refractivity contribution >= 4 is 17.8 Å². The Morgan fingerprint density at radius 2 is 1.81 bits per heavy atom. The number of rotatable bonds is 8. The zero-order valence-corrected chi connectivity index (χ0v) is 21.4. The largest absolute Gasteiger partial charge is 0.465 e. The Morgan fingerprint density at radius 3 is 2.57 bits per heavy atom. The second-order valence-corrected chi connectivity index (χ2v) is 10.4. The monoisotopic (exact) mass is 508 g/mol. The Morgan fingerprint density at radius 1 is 1.00 bits per heavy atom. The quantitative estimate of drug-likeness (QED) is 0.330. The van der Waals surface area contributed by atoms with Crippen LogP contribution in [0.4, 0.5) is 0 Å². The third kappa shape index (κ3) is 4.30. The number of aliphatic hydroxyl groups excluding tert-OH is 1. The van der Waals surface area contributed by atoms with Crippen LogP contribution in [0.1, 0.15) is 44.6 Å². The summed E-state index contributed by atoms with van der Waals surface area (Å²) in [5.74, 6) is -2.52. The summed E-state index contributed by atoms with van der Waals surface area (Å²) in [6.07, 6.45) is 10.7. The van der Waals surface area contributed by atoms with Crippen LogP contribution >= 0.6 is 0 Å². The summed E-state index contributed by atoms with van der Waals surface area (Å²) in [5, 5.41) is 9.22. The van der Waals surface area contributed by atoms with E-state index >= 15 is 0 Å². The molecule has 0 saturated carbocycles. The molecule has 37 heavy (non-hydrogen) atoms. The lowest BCUT2D eigenvalue weighted by Crippen LogP contribution is -2.56. The van der Waals surface area contributed by atoms with E-state index in [1.165, 1.54) is 0 Å². The van der Waals surface area contributed by atoms with Gasteiger partial charge in [-0.3, -0.25) is 14.4 Å². The number of carbonyl (C=O) groups excluding carboxylic acids is 3. The number of benzene rings is 1. The number of hydrogen-bond acceptors (Lipinski definition) is 6. The van der Waals surface area contributed by atoms with Crippen LogP contribution in [0.15, 0.2) is 54.6 Å². The highest BCUT2D eigenvalue weighted by atomic mass is 16.6. The Bertz CT molecular complexity index is 1090. The van der Waals surface area contributed by atoms with Crippen molar-refractivity contribution in [2.45, 2.75) is 62.8 Å². The molecule has 1 N–H and O–H groups in total. The highest BCUT2D eigenvalue weighted by Crippen LogP contribution is 2.58. The first-order valence-corrected chi connectivity index (χ1v) is 13.4. The van der Waals surface area contributed by atoms with E-state index < -0.39 is 35.0 Å². The van der Waals surface area contributed by atoms with Gasteiger partial charge in [-0.05, 0) is 37.7 Å². The molecule has 4 aliphatic heterocycles. The third-order valence-corrected chi connectivity index (χ3v) is 8.26. The van der Waals surface area contributed by atoms with E-state index in [1.807, 2.05) is 61.6 Å². The van der Waals surface area contributed by atoms with E-state index in [2.05, 4.69) is 0 Å². The summed E-state index contributed by atoms with van der Waals surface area (Å²) >= 11 is 0. The molecular formula is C29H36N2O6. The molecule has 1 aromatic rings. The van der Waals surface area contributed by atoms with Gasteiger partial charge in [0.1, 0.15) is 23.2 Å². The minimum absolute atomic E-state index is 0.0822. The number of hydrogen-bond donors (Lipinski definition) is 1. The molecule has 5 atom stereocenters. The van der Waals surface area contributed by atoms with E-state index in [9.17, 15) is 19.5 Å². The van der Waals surface area contributed by atoms with Crippen molar-refractivity contribution in [3.05, 3.63) is 60.2 Å². The van der Waals surface area contributed by atoms with Crippen molar-refractivity contribution in [1.29, 1.82) is 0 Å². The topological polar surface area (TPSA) is 96.4 Å². The van der Waals surface area contributed by atoms with E-state index in [0.29, 0.717) is 45.3 Å². The standard InChI is InChI=1S/C29H36N2O6/c1-2-28-14-7-10-19-36-27(35)23(28)22-25(33)31(17-8-4-9-18-32)24-26(34)30(16-11-15-29(22,24)37-28)20-21-12-5-3-6-13-21/h3,5-7,11-15,22-24,32H,2,4,8-10,16-20H2,1H3/t22-,23-,24?,28+,29-/m0/s1. The Balaban J connectivity index is 1.57. The van der Waals surface area contributed by atoms with E-state index in [1.54, 1.807) is 9.80 Å². The first kappa shape index (κ1) is 25.7. The molecule has 1 aromatic carbocycles. The number of ether oxygens (including phenoxy) is 2. The third-order valence-electron chi connectivity index (χ3n) is 8.26. The smallest absolute Gasteiger partial charge is 0.313 e. The van der Waals surface area contributed by atoms with Gasteiger partial charge in [-0.25, -0.2) is 0 Å². The molecule has 8 nitrogen and oxygen atoms in total. The number of nitrogens with zero attached hydrogens (tertiary/aromatic N) is 2. The molecule has 4 heterocycles. The maximum absolute atomic E-state index is 14.3. The summed E-state index contributed by atoms with van der Waals surface area (Å²) in [6, 6.07) is 8.90. The highest BCUT2D eigenvalue weighted by Gasteiger charge is 2.75. The van der Waals surface area contributed by atoms with Crippen LogP contribution < -0.4 is 0 Å². The van der Waals surface area contributed by atoms with Gasteiger partial charge in [-0.2, -0.15) is 0 Å². The summed E-state index contributed by atoms with van der Waals surface area (Å²) < 4.78 is 12.5. The van der Waals surface area contributed by atoms with Gasteiger partial charge in [-0.1, -0.05) is 61.6 Å². The zero-order valence-electron chi connectivity index (χ0n) is 21.4. The van der Waals surface area contributed by atoms with Crippen molar-refractivity contribution in [2.75, 3.05) is 26.3 Å². The molecule has 4 aliphatic rings. The molecule has 1 spiro atoms. The second-order valence-electron chi connectivity index (χ2n) is 10.4. The van der Waals surface area contributed by atoms with Gasteiger partial charge in [0.2, 0.25) is 11.8 Å². The molecule has 5 rings (SSSR count). The maximum atomic E-state index is 14.3. The average molecular weight is 509 g/mol. The fourth-order valence-corrected chi connectivity index (χ4v) is 6.53. The van der Waals surface area contributed by atoms with Crippen LogP contribution in [0.2, 0.25) is 0 Å². The molecule has 0 aliphatic carbocycles. The minimum Gasteiger partial charge on any atom is -0.465 e. The maximum Gasteiger partial charge on any atom is 0.313 e. The van der Waals surface area contributed by atoms with E-state index in [4.69, 9.17) is 9.47 Å². The van der Waals surface area contributed by atoms with Gasteiger partial charge in [0.15, 0.2) is 0 Å². The molecule has 198 valence electrons. The number of carbonyl (C=O) groups is 3. The number of aliphatic hydroxyl groups is 1. The number of esters is 1. The molecular weight excluding hydrogens is 472 g/mol. The fourth-order valence-electron chi connectivity index (χ4n) is 6.53. The van der Waals surface area contributed by atoms with Crippen LogP contribution in [-0.4, -0.2) is 76.2 Å². The molecule has 1 unspecified atom stereocenters. The molecule has 0 radical (unpaired) electrons. The Hall–Kier alpha value is -2.97. The number of fused-ring (bicyclic) bond motifs is 2. The molecule has 0 aromatic heterocycles. The highest BCUT2D eigenvalue weighted by molar-refractivity contribution is 5.99. The predicted molar refractivity (Wildman–Crippen MR) is 136 cm³/mol. The van der Waals surface area contributed by atoms with Gasteiger partial charge < -0.3 is 24.4 Å². The SMILES string of the molecule is CC[C@@]12C=CCCOC(=O)[C@@H]1[C@H]1C(=O)N(CCCCCO)C3C(=O)N(Cc4ccccc4)CC=C[C@@]31O2. The van der Waals surface area contributed by atoms with Crippen LogP contribution in [0.25, 0.3) is 0 Å². The first-order valence-electron chi connectivity index (χ1n) is 13.4. The predicted octanol–water partition coefficient (Wildman–Crippen LogP) is 2.61. The molecule has 0 bridgehead atoms. The van der Waals surface area contributed by atoms with Crippen molar-refractivity contribution in [3.8, 4) is 0 Å². The van der Waals surface area contributed by atoms with Gasteiger partial charge >= 0.3 is 5.97 Å². The Labute approximate surface area is 217 Å². The summed E-state index contributed by atoms with van der Waals surface area (Å²) in [6.45, 7) is 3.45. The molecule has 2 saturated heterocycles. The molecule has 8 heteroatoms. The number of cyclic esters (lactones) is 1. The van der Waals surface area contributed by atoms with Crippen molar-refractivity contribution in [1.82, 2.24) is 9.80 Å². The first-order chi connectivity index (χ1) is 18.0. The molecule has 2 amide bonds. The average Bonchev–Trinajstić information content (AvgIpc) is 3.25. The summed E-state index contributed by atoms with van der Waals surface area (Å²) in [4.78, 5) is 45.2. The number of amides is 2. The lowest BCUT2D eigenvalue weighted by Gasteiger charge is -2.38. The number of likely N-dealkylation sites (tertiary alicyclic amines) is 1. The zero-order chi connectivity index (χ0) is 26.0. The van der Waals surface area contributed by atoms with Gasteiger partial charge in [0.05, 0.1) is 12.5 Å². The van der Waals surface area contributed by atoms with Gasteiger partial charge in [0.25, 0.3) is 0 Å². The van der Waals surface area contributed by atoms with E-state index in [-0.39, 0.29) is 25.0 Å². The van der Waals surface area contributed by atoms with Crippen molar-refractivity contribution < 1.29 is 29.0 Å². The van der Waals surface area contributed by atoms with Gasteiger partial charge in [-0.15, -0.1) is 0 Å². The van der Waals surface area contributed by atoms with Gasteiger partial charge in [0, 0.05) is 26.2 Å². The van der Waals surface area contributed by atoms with Crippen LogP contribution in [0.5, 0.6) is 0 Å². The number of unbranched alkanes of at least 4 members (excludes halogenated alkanes) is 2. The summed E-state index contributed by atoms with van der Waals surface area (Å²) in [5.41, 5.74) is -1.27. The van der Waals surface area contributed by atoms with E-state index in [0.717, 1.165) is 12.0 Å². The van der Waals surface area contributed by atoms with Crippen molar-refractivity contribution in [3.63, 3.8) is 0 Å².